The lowest BCUT2D eigenvalue weighted by atomic mass is 9.80. The molecule has 36 heavy (non-hydrogen) atoms. The number of fused-ring (bicyclic) bond motifs is 2. The molecule has 2 saturated carbocycles. The van der Waals surface area contributed by atoms with Gasteiger partial charge in [-0.3, -0.25) is 9.59 Å². The molecule has 198 valence electrons. The number of aliphatic hydroxyl groups excluding tert-OH is 1. The van der Waals surface area contributed by atoms with Crippen molar-refractivity contribution in [3.8, 4) is 0 Å². The van der Waals surface area contributed by atoms with E-state index in [4.69, 9.17) is 9.47 Å². The zero-order chi connectivity index (χ0) is 26.8. The van der Waals surface area contributed by atoms with E-state index >= 15 is 0 Å². The van der Waals surface area contributed by atoms with Crippen molar-refractivity contribution < 1.29 is 29.0 Å². The van der Waals surface area contributed by atoms with E-state index in [-0.39, 0.29) is 35.4 Å². The van der Waals surface area contributed by atoms with Crippen molar-refractivity contribution >= 4 is 17.7 Å². The Morgan fingerprint density at radius 2 is 1.86 bits per heavy atom. The number of carbonyl (C=O) groups excluding carboxylic acids is 3. The van der Waals surface area contributed by atoms with Gasteiger partial charge in [0.25, 0.3) is 0 Å². The topological polar surface area (TPSA) is 89.9 Å². The van der Waals surface area contributed by atoms with Crippen LogP contribution in [-0.2, 0) is 23.9 Å². The van der Waals surface area contributed by atoms with Crippen molar-refractivity contribution in [1.82, 2.24) is 0 Å². The molecule has 6 nitrogen and oxygen atoms in total. The smallest absolute Gasteiger partial charge is 0.331 e. The second kappa shape index (κ2) is 10.9. The first-order valence-electron chi connectivity index (χ1n) is 13.2. The molecule has 1 N–H and O–H groups in total. The second-order valence-electron chi connectivity index (χ2n) is 11.5. The third-order valence-electron chi connectivity index (χ3n) is 8.36. The molecule has 0 spiro atoms. The van der Waals surface area contributed by atoms with Crippen LogP contribution in [0.3, 0.4) is 0 Å². The quantitative estimate of drug-likeness (QED) is 0.232. The fourth-order valence-electron chi connectivity index (χ4n) is 6.10. The van der Waals surface area contributed by atoms with E-state index in [0.29, 0.717) is 12.0 Å². The van der Waals surface area contributed by atoms with Gasteiger partial charge in [-0.1, -0.05) is 64.5 Å². The molecular formula is C30H42O6. The van der Waals surface area contributed by atoms with Gasteiger partial charge in [0, 0.05) is 19.4 Å². The molecule has 3 rings (SSSR count). The average molecular weight is 499 g/mol. The molecule has 3 aliphatic rings. The van der Waals surface area contributed by atoms with Gasteiger partial charge in [0.15, 0.2) is 5.60 Å². The minimum absolute atomic E-state index is 0.0547. The summed E-state index contributed by atoms with van der Waals surface area (Å²) in [6, 6.07) is 0. The molecule has 6 heteroatoms. The molecule has 0 saturated heterocycles. The van der Waals surface area contributed by atoms with Crippen LogP contribution in [0, 0.1) is 29.1 Å². The standard InChI is InChI=1S/C30H42O6/c1-8-9-10-11-12-13-26(32)35-25-16-23-22(29(23,6)7)15-19(3)28(34)30(36-21(5)31)17-20(4)27(33)24(30)14-18(25)2/h10-15,20,22-25,27,33H,8-9,16-17H2,1-7H3/b11-10+,13-12+,18-14?,19-15?/t20-,22-,23+,24+,25-,27+,30-/m1/s1. The van der Waals surface area contributed by atoms with Gasteiger partial charge in [-0.05, 0) is 61.0 Å². The Labute approximate surface area is 215 Å². The minimum Gasteiger partial charge on any atom is -0.455 e. The van der Waals surface area contributed by atoms with Crippen LogP contribution in [-0.4, -0.2) is 40.6 Å². The predicted octanol–water partition coefficient (Wildman–Crippen LogP) is 5.27. The van der Waals surface area contributed by atoms with Gasteiger partial charge in [-0.2, -0.15) is 0 Å². The number of unbranched alkanes of at least 4 members (excludes halogenated alkanes) is 1. The molecule has 0 aromatic carbocycles. The summed E-state index contributed by atoms with van der Waals surface area (Å²) >= 11 is 0. The number of hydrogen-bond donors (Lipinski definition) is 1. The van der Waals surface area contributed by atoms with E-state index in [9.17, 15) is 19.5 Å². The van der Waals surface area contributed by atoms with E-state index in [1.807, 2.05) is 32.1 Å². The Balaban J connectivity index is 2.03. The number of allylic oxidation sites excluding steroid dienone is 4. The summed E-state index contributed by atoms with van der Waals surface area (Å²) in [4.78, 5) is 38.7. The van der Waals surface area contributed by atoms with E-state index in [0.717, 1.165) is 18.4 Å². The van der Waals surface area contributed by atoms with E-state index in [1.165, 1.54) is 13.0 Å². The predicted molar refractivity (Wildman–Crippen MR) is 139 cm³/mol. The normalized spacial score (nSPS) is 35.9. The first-order valence-corrected chi connectivity index (χ1v) is 13.2. The van der Waals surface area contributed by atoms with Crippen LogP contribution in [0.1, 0.15) is 74.1 Å². The highest BCUT2D eigenvalue weighted by Gasteiger charge is 2.61. The molecular weight excluding hydrogens is 456 g/mol. The Bertz CT molecular complexity index is 999. The van der Waals surface area contributed by atoms with Gasteiger partial charge in [0.05, 0.1) is 12.0 Å². The van der Waals surface area contributed by atoms with Crippen LogP contribution in [0.5, 0.6) is 0 Å². The summed E-state index contributed by atoms with van der Waals surface area (Å²) in [5.41, 5.74) is -0.238. The number of carbonyl (C=O) groups is 3. The van der Waals surface area contributed by atoms with Crippen LogP contribution in [0.25, 0.3) is 0 Å². The number of rotatable bonds is 6. The number of ether oxygens (including phenoxy) is 2. The van der Waals surface area contributed by atoms with E-state index in [2.05, 4.69) is 20.8 Å². The lowest BCUT2D eigenvalue weighted by Gasteiger charge is -2.34. The molecule has 7 atom stereocenters. The second-order valence-corrected chi connectivity index (χ2v) is 11.5. The fourth-order valence-corrected chi connectivity index (χ4v) is 6.10. The Morgan fingerprint density at radius 1 is 1.17 bits per heavy atom. The van der Waals surface area contributed by atoms with Crippen molar-refractivity contribution in [3.05, 3.63) is 47.6 Å². The van der Waals surface area contributed by atoms with E-state index < -0.39 is 35.7 Å². The highest BCUT2D eigenvalue weighted by Crippen LogP contribution is 2.62. The lowest BCUT2D eigenvalue weighted by Crippen LogP contribution is -2.48. The largest absolute Gasteiger partial charge is 0.455 e. The molecule has 0 radical (unpaired) electrons. The van der Waals surface area contributed by atoms with Gasteiger partial charge in [0.2, 0.25) is 5.78 Å². The first-order chi connectivity index (χ1) is 16.8. The summed E-state index contributed by atoms with van der Waals surface area (Å²) in [5, 5.41) is 11.1. The van der Waals surface area contributed by atoms with Crippen LogP contribution >= 0.6 is 0 Å². The summed E-state index contributed by atoms with van der Waals surface area (Å²) in [7, 11) is 0. The number of hydrogen-bond acceptors (Lipinski definition) is 6. The van der Waals surface area contributed by atoms with Gasteiger partial charge < -0.3 is 14.6 Å². The zero-order valence-electron chi connectivity index (χ0n) is 22.7. The third-order valence-corrected chi connectivity index (χ3v) is 8.36. The summed E-state index contributed by atoms with van der Waals surface area (Å²) in [5.74, 6) is -1.87. The molecule has 0 amide bonds. The Kier molecular flexibility index (Phi) is 8.49. The summed E-state index contributed by atoms with van der Waals surface area (Å²) < 4.78 is 11.7. The van der Waals surface area contributed by atoms with Crippen LogP contribution in [0.15, 0.2) is 47.6 Å². The number of ketones is 1. The third kappa shape index (κ3) is 5.59. The molecule has 0 heterocycles. The fraction of sp³-hybridized carbons (Fsp3) is 0.633. The van der Waals surface area contributed by atoms with Crippen molar-refractivity contribution in [2.24, 2.45) is 29.1 Å². The van der Waals surface area contributed by atoms with Gasteiger partial charge >= 0.3 is 11.9 Å². The van der Waals surface area contributed by atoms with Crippen LogP contribution in [0.2, 0.25) is 0 Å². The maximum Gasteiger partial charge on any atom is 0.331 e. The molecule has 0 aliphatic heterocycles. The molecule has 0 bridgehead atoms. The molecule has 0 aromatic heterocycles. The number of esters is 2. The summed E-state index contributed by atoms with van der Waals surface area (Å²) in [6.07, 6.45) is 12.2. The first kappa shape index (κ1) is 28.1. The van der Waals surface area contributed by atoms with Crippen molar-refractivity contribution in [3.63, 3.8) is 0 Å². The average Bonchev–Trinajstić information content (AvgIpc) is 3.21. The Morgan fingerprint density at radius 3 is 2.50 bits per heavy atom. The maximum absolute atomic E-state index is 13.9. The highest BCUT2D eigenvalue weighted by molar-refractivity contribution is 6.03. The highest BCUT2D eigenvalue weighted by atomic mass is 16.6. The van der Waals surface area contributed by atoms with E-state index in [1.54, 1.807) is 19.1 Å². The molecule has 2 fully saturated rings. The number of aliphatic hydroxyl groups is 1. The van der Waals surface area contributed by atoms with Gasteiger partial charge in [-0.25, -0.2) is 4.79 Å². The van der Waals surface area contributed by atoms with Crippen molar-refractivity contribution in [2.75, 3.05) is 0 Å². The van der Waals surface area contributed by atoms with Crippen molar-refractivity contribution in [2.45, 2.75) is 92.0 Å². The minimum atomic E-state index is -1.48. The van der Waals surface area contributed by atoms with Crippen LogP contribution in [0.4, 0.5) is 0 Å². The van der Waals surface area contributed by atoms with Crippen molar-refractivity contribution in [1.29, 1.82) is 0 Å². The SMILES string of the molecule is CCC/C=C/C=C/C(=O)O[C@@H]1C[C@H]2[C@@H](C=C(C)C(=O)[C@@]3(OC(C)=O)C[C@@H](C)[C@H](O)[C@@H]3C=C1C)C2(C)C. The molecule has 3 aliphatic carbocycles. The number of Topliss-reactive ketones (excluding diaryl/α,β-unsaturated/α-hetero) is 1. The summed E-state index contributed by atoms with van der Waals surface area (Å²) in [6.45, 7) is 13.2. The maximum atomic E-state index is 13.9. The molecule has 0 aromatic rings. The van der Waals surface area contributed by atoms with Gasteiger partial charge in [0.1, 0.15) is 6.10 Å². The Hall–Kier alpha value is -2.47. The molecule has 0 unspecified atom stereocenters. The van der Waals surface area contributed by atoms with Crippen LogP contribution < -0.4 is 0 Å². The zero-order valence-corrected chi connectivity index (χ0v) is 22.7. The monoisotopic (exact) mass is 498 g/mol. The van der Waals surface area contributed by atoms with Gasteiger partial charge in [-0.15, -0.1) is 0 Å². The lowest BCUT2D eigenvalue weighted by molar-refractivity contribution is -0.168.